The summed E-state index contributed by atoms with van der Waals surface area (Å²) >= 11 is 0. The van der Waals surface area contributed by atoms with Crippen LogP contribution in [-0.2, 0) is 11.3 Å². The molecule has 2 bridgehead atoms. The fraction of sp³-hybridized carbons (Fsp3) is 0.364. The summed E-state index contributed by atoms with van der Waals surface area (Å²) < 4.78 is 7.20. The van der Waals surface area contributed by atoms with E-state index in [1.165, 1.54) is 0 Å². The summed E-state index contributed by atoms with van der Waals surface area (Å²) in [7, 11) is 1.60. The van der Waals surface area contributed by atoms with Gasteiger partial charge in [0.05, 0.1) is 7.11 Å². The van der Waals surface area contributed by atoms with E-state index in [0.717, 1.165) is 28.6 Å². The number of hydrogen-bond acceptors (Lipinski definition) is 4. The van der Waals surface area contributed by atoms with Crippen molar-refractivity contribution >= 4 is 16.9 Å². The van der Waals surface area contributed by atoms with E-state index in [1.54, 1.807) is 25.4 Å². The summed E-state index contributed by atoms with van der Waals surface area (Å²) in [5.74, 6) is 0.270. The number of pyridine rings is 1. The van der Waals surface area contributed by atoms with E-state index in [4.69, 9.17) is 4.74 Å². The lowest BCUT2D eigenvalue weighted by atomic mass is 9.82. The van der Waals surface area contributed by atoms with Gasteiger partial charge in [-0.1, -0.05) is 6.07 Å². The number of carboxylic acids is 1. The molecule has 29 heavy (non-hydrogen) atoms. The Balaban J connectivity index is 1.54. The summed E-state index contributed by atoms with van der Waals surface area (Å²) in [4.78, 5) is 29.9. The number of hydrogen-bond donors (Lipinski definition) is 2. The van der Waals surface area contributed by atoms with Gasteiger partial charge in [0.1, 0.15) is 11.8 Å². The van der Waals surface area contributed by atoms with Crippen LogP contribution < -0.4 is 10.3 Å². The van der Waals surface area contributed by atoms with Crippen molar-refractivity contribution in [3.63, 3.8) is 0 Å². The van der Waals surface area contributed by atoms with Crippen molar-refractivity contribution in [1.82, 2.24) is 14.5 Å². The van der Waals surface area contributed by atoms with Crippen LogP contribution >= 0.6 is 0 Å². The third kappa shape index (κ3) is 2.93. The lowest BCUT2D eigenvalue weighted by Gasteiger charge is -2.44. The molecule has 2 N–H and O–H groups in total. The first-order valence-corrected chi connectivity index (χ1v) is 9.86. The quantitative estimate of drug-likeness (QED) is 0.711. The molecular weight excluding hydrogens is 370 g/mol. The van der Waals surface area contributed by atoms with Gasteiger partial charge >= 0.3 is 5.97 Å². The Labute approximate surface area is 167 Å². The smallest absolute Gasteiger partial charge is 0.325 e. The molecule has 1 saturated heterocycles. The maximum absolute atomic E-state index is 12.4. The minimum atomic E-state index is -0.862. The Hall–Kier alpha value is -3.06. The van der Waals surface area contributed by atoms with Crippen molar-refractivity contribution in [2.45, 2.75) is 24.9 Å². The number of ether oxygens (including phenoxy) is 1. The maximum Gasteiger partial charge on any atom is 0.325 e. The number of nitrogens with one attached hydrogen (secondary N) is 1. The third-order valence-corrected chi connectivity index (χ3v) is 6.32. The van der Waals surface area contributed by atoms with Gasteiger partial charge in [-0.15, -0.1) is 0 Å². The zero-order valence-electron chi connectivity index (χ0n) is 16.2. The van der Waals surface area contributed by atoms with E-state index in [2.05, 4.69) is 9.88 Å². The number of carbonyl (C=O) groups is 1. The standard InChI is InChI=1S/C22H23N3O4/c1-29-15-5-6-18-16(8-15)17(9-23-18)21(22(27)28)24-10-13-7-14(12-24)19-3-2-4-20(26)25(19)11-13/h2-6,8-9,13-14,21,23H,7,10-12H2,1H3,(H,27,28)/t13-,14+,21?/m0/s1. The largest absolute Gasteiger partial charge is 0.497 e. The third-order valence-electron chi connectivity index (χ3n) is 6.32. The summed E-state index contributed by atoms with van der Waals surface area (Å²) in [6.45, 7) is 1.93. The molecule has 2 aliphatic rings. The van der Waals surface area contributed by atoms with Gasteiger partial charge in [0, 0.05) is 60.0 Å². The van der Waals surface area contributed by atoms with E-state index in [-0.39, 0.29) is 17.4 Å². The van der Waals surface area contributed by atoms with E-state index in [9.17, 15) is 14.7 Å². The van der Waals surface area contributed by atoms with Gasteiger partial charge in [-0.25, -0.2) is 0 Å². The SMILES string of the molecule is COc1ccc2[nH]cc(C(C(=O)O)N3C[C@@H]4C[C@H](C3)c3cccc(=O)n3C4)c2c1. The van der Waals surface area contributed by atoms with Crippen LogP contribution in [0.2, 0.25) is 0 Å². The maximum atomic E-state index is 12.4. The molecule has 4 heterocycles. The number of rotatable bonds is 4. The number of likely N-dealkylation sites (tertiary alicyclic amines) is 1. The molecule has 2 aromatic heterocycles. The lowest BCUT2D eigenvalue weighted by molar-refractivity contribution is -0.144. The van der Waals surface area contributed by atoms with Crippen LogP contribution in [0, 0.1) is 5.92 Å². The Morgan fingerprint density at radius 1 is 1.24 bits per heavy atom. The van der Waals surface area contributed by atoms with Crippen LogP contribution in [0.1, 0.15) is 29.6 Å². The molecule has 1 unspecified atom stereocenters. The van der Waals surface area contributed by atoms with E-state index < -0.39 is 12.0 Å². The van der Waals surface area contributed by atoms with Crippen molar-refractivity contribution in [3.8, 4) is 5.75 Å². The van der Waals surface area contributed by atoms with Gasteiger partial charge in [0.25, 0.3) is 5.56 Å². The first-order valence-electron chi connectivity index (χ1n) is 9.86. The molecule has 7 heteroatoms. The summed E-state index contributed by atoms with van der Waals surface area (Å²) in [5, 5.41) is 11.0. The predicted molar refractivity (Wildman–Crippen MR) is 108 cm³/mol. The average Bonchev–Trinajstić information content (AvgIpc) is 3.11. The molecule has 0 amide bonds. The van der Waals surface area contributed by atoms with Crippen molar-refractivity contribution in [3.05, 3.63) is 64.2 Å². The number of benzene rings is 1. The van der Waals surface area contributed by atoms with Crippen molar-refractivity contribution in [2.75, 3.05) is 20.2 Å². The van der Waals surface area contributed by atoms with Gasteiger partial charge in [0.2, 0.25) is 0 Å². The van der Waals surface area contributed by atoms with Gasteiger partial charge in [-0.3, -0.25) is 14.5 Å². The zero-order chi connectivity index (χ0) is 20.1. The highest BCUT2D eigenvalue weighted by Crippen LogP contribution is 2.40. The number of carboxylic acid groups (broad SMARTS) is 1. The van der Waals surface area contributed by atoms with Crippen molar-refractivity contribution < 1.29 is 14.6 Å². The number of aliphatic carboxylic acids is 1. The van der Waals surface area contributed by atoms with Crippen LogP contribution in [-0.4, -0.2) is 45.7 Å². The van der Waals surface area contributed by atoms with Gasteiger partial charge < -0.3 is 19.4 Å². The highest BCUT2D eigenvalue weighted by molar-refractivity contribution is 5.90. The first kappa shape index (κ1) is 18.0. The Morgan fingerprint density at radius 3 is 2.90 bits per heavy atom. The van der Waals surface area contributed by atoms with Crippen LogP contribution in [0.25, 0.3) is 10.9 Å². The molecule has 7 nitrogen and oxygen atoms in total. The number of aromatic nitrogens is 2. The van der Waals surface area contributed by atoms with Crippen LogP contribution in [0.3, 0.4) is 0 Å². The molecule has 3 atom stereocenters. The molecule has 0 saturated carbocycles. The molecule has 5 rings (SSSR count). The summed E-state index contributed by atoms with van der Waals surface area (Å²) in [6.07, 6.45) is 2.79. The minimum absolute atomic E-state index is 0.0316. The summed E-state index contributed by atoms with van der Waals surface area (Å²) in [6, 6.07) is 10.3. The number of nitrogens with zero attached hydrogens (tertiary/aromatic N) is 2. The molecule has 3 aromatic rings. The monoisotopic (exact) mass is 393 g/mol. The second kappa shape index (κ2) is 6.77. The van der Waals surface area contributed by atoms with Gasteiger partial charge in [-0.05, 0) is 36.6 Å². The molecule has 2 aliphatic heterocycles. The number of piperidine rings is 1. The molecular formula is C22H23N3O4. The van der Waals surface area contributed by atoms with Crippen molar-refractivity contribution in [1.29, 1.82) is 0 Å². The second-order valence-corrected chi connectivity index (χ2v) is 8.05. The number of fused-ring (bicyclic) bond motifs is 5. The number of H-pyrrole nitrogens is 1. The fourth-order valence-corrected chi connectivity index (χ4v) is 5.10. The van der Waals surface area contributed by atoms with E-state index in [0.29, 0.717) is 25.4 Å². The predicted octanol–water partition coefficient (Wildman–Crippen LogP) is 2.58. The normalized spacial score (nSPS) is 22.2. The lowest BCUT2D eigenvalue weighted by Crippen LogP contribution is -2.49. The van der Waals surface area contributed by atoms with Crippen molar-refractivity contribution in [2.24, 2.45) is 5.92 Å². The Morgan fingerprint density at radius 2 is 2.10 bits per heavy atom. The number of methoxy groups -OCH3 is 1. The average molecular weight is 393 g/mol. The van der Waals surface area contributed by atoms with Crippen LogP contribution in [0.15, 0.2) is 47.4 Å². The Kier molecular flexibility index (Phi) is 4.20. The molecule has 0 radical (unpaired) electrons. The topological polar surface area (TPSA) is 87.6 Å². The molecule has 1 aromatic carbocycles. The molecule has 0 aliphatic carbocycles. The Bertz CT molecular complexity index is 1150. The summed E-state index contributed by atoms with van der Waals surface area (Å²) in [5.41, 5.74) is 2.69. The van der Waals surface area contributed by atoms with Crippen LogP contribution in [0.5, 0.6) is 5.75 Å². The highest BCUT2D eigenvalue weighted by Gasteiger charge is 2.40. The van der Waals surface area contributed by atoms with Gasteiger partial charge in [0.15, 0.2) is 0 Å². The molecule has 150 valence electrons. The van der Waals surface area contributed by atoms with Crippen LogP contribution in [0.4, 0.5) is 0 Å². The van der Waals surface area contributed by atoms with E-state index >= 15 is 0 Å². The fourth-order valence-electron chi connectivity index (χ4n) is 5.10. The van der Waals surface area contributed by atoms with E-state index in [1.807, 2.05) is 28.8 Å². The molecule has 1 fully saturated rings. The van der Waals surface area contributed by atoms with Gasteiger partial charge in [-0.2, -0.15) is 0 Å². The second-order valence-electron chi connectivity index (χ2n) is 8.05. The first-order chi connectivity index (χ1) is 14.0. The minimum Gasteiger partial charge on any atom is -0.497 e. The zero-order valence-corrected chi connectivity index (χ0v) is 16.2. The number of aromatic amines is 1. The molecule has 0 spiro atoms. The highest BCUT2D eigenvalue weighted by atomic mass is 16.5.